The molecule has 2 aliphatic carbocycles. The molecule has 1 fully saturated rings. The molecule has 39 heavy (non-hydrogen) atoms. The molecule has 3 aromatic carbocycles. The maximum atomic E-state index is 15.1. The predicted molar refractivity (Wildman–Crippen MR) is 152 cm³/mol. The lowest BCUT2D eigenvalue weighted by Crippen LogP contribution is -2.47. The number of carbonyl (C=O) groups is 1. The molecule has 1 spiro atoms. The van der Waals surface area contributed by atoms with Gasteiger partial charge in [-0.15, -0.1) is 0 Å². The first-order valence-electron chi connectivity index (χ1n) is 13.9. The molecule has 1 saturated carbocycles. The summed E-state index contributed by atoms with van der Waals surface area (Å²) < 4.78 is 32.7. The lowest BCUT2D eigenvalue weighted by atomic mass is 9.52. The van der Waals surface area contributed by atoms with Gasteiger partial charge in [0.15, 0.2) is 0 Å². The molecule has 3 aromatic rings. The number of hydrogen-bond acceptors (Lipinski definition) is 4. The van der Waals surface area contributed by atoms with Crippen LogP contribution in [0.2, 0.25) is 0 Å². The summed E-state index contributed by atoms with van der Waals surface area (Å²) in [4.78, 5) is 11.8. The smallest absolute Gasteiger partial charge is 0.131 e. The minimum absolute atomic E-state index is 0.0112. The number of aldehydes is 1. The van der Waals surface area contributed by atoms with Crippen LogP contribution >= 0.6 is 0 Å². The summed E-state index contributed by atoms with van der Waals surface area (Å²) in [5, 5.41) is 0. The Balaban J connectivity index is 1.47. The number of fused-ring (bicyclic) bond motifs is 2. The van der Waals surface area contributed by atoms with Crippen LogP contribution in [-0.2, 0) is 28.0 Å². The largest absolute Gasteiger partial charge is 0.497 e. The van der Waals surface area contributed by atoms with E-state index in [-0.39, 0.29) is 28.7 Å². The molecule has 4 nitrogen and oxygen atoms in total. The second kappa shape index (κ2) is 10.8. The van der Waals surface area contributed by atoms with E-state index < -0.39 is 0 Å². The number of benzene rings is 3. The van der Waals surface area contributed by atoms with Gasteiger partial charge in [0.05, 0.1) is 13.2 Å². The van der Waals surface area contributed by atoms with Crippen molar-refractivity contribution in [1.82, 2.24) is 0 Å². The fourth-order valence-corrected chi connectivity index (χ4v) is 6.67. The van der Waals surface area contributed by atoms with Gasteiger partial charge in [0.25, 0.3) is 0 Å². The average molecular weight is 531 g/mol. The molecule has 0 saturated heterocycles. The fraction of sp³-hybridized carbons (Fsp3) is 0.441. The first kappa shape index (κ1) is 27.4. The van der Waals surface area contributed by atoms with E-state index in [0.717, 1.165) is 60.8 Å². The van der Waals surface area contributed by atoms with Crippen molar-refractivity contribution in [2.24, 2.45) is 11.3 Å². The Morgan fingerprint density at radius 1 is 1.00 bits per heavy atom. The molecule has 5 rings (SSSR count). The van der Waals surface area contributed by atoms with Crippen LogP contribution in [0.4, 0.5) is 4.39 Å². The highest BCUT2D eigenvalue weighted by Gasteiger charge is 2.49. The van der Waals surface area contributed by atoms with Gasteiger partial charge >= 0.3 is 0 Å². The van der Waals surface area contributed by atoms with E-state index >= 15 is 4.39 Å². The standard InChI is InChI=1S/C34H39FO4/c1-33(2,3)32(38-5)29-17-22(8-12-27(29)28-18-25(37-4)11-13-31(28)35)21-39-26-10-9-23-7-6-15-34(30(23)19-26)16-14-24(34)20-36/h8-13,17-20,24,32H,6-7,14-16,21H2,1-5H3/t24-,32-,34-/m0/s1. The summed E-state index contributed by atoms with van der Waals surface area (Å²) in [5.74, 6) is 1.22. The van der Waals surface area contributed by atoms with E-state index in [1.54, 1.807) is 26.4 Å². The molecule has 0 amide bonds. The molecule has 0 unspecified atom stereocenters. The predicted octanol–water partition coefficient (Wildman–Crippen LogP) is 8.00. The first-order valence-corrected chi connectivity index (χ1v) is 13.9. The number of methoxy groups -OCH3 is 2. The van der Waals surface area contributed by atoms with Crippen molar-refractivity contribution in [3.63, 3.8) is 0 Å². The maximum absolute atomic E-state index is 15.1. The van der Waals surface area contributed by atoms with E-state index in [9.17, 15) is 4.79 Å². The summed E-state index contributed by atoms with van der Waals surface area (Å²) >= 11 is 0. The van der Waals surface area contributed by atoms with Crippen LogP contribution in [-0.4, -0.2) is 20.5 Å². The summed E-state index contributed by atoms with van der Waals surface area (Å²) in [6.45, 7) is 6.72. The normalized spacial score (nSPS) is 21.1. The number of halogens is 1. The van der Waals surface area contributed by atoms with Gasteiger partial charge in [0, 0.05) is 24.0 Å². The van der Waals surface area contributed by atoms with Crippen LogP contribution < -0.4 is 9.47 Å². The molecule has 0 N–H and O–H groups in total. The van der Waals surface area contributed by atoms with Crippen molar-refractivity contribution in [2.45, 2.75) is 71.0 Å². The van der Waals surface area contributed by atoms with Crippen molar-refractivity contribution in [3.05, 3.63) is 82.7 Å². The van der Waals surface area contributed by atoms with Crippen LogP contribution in [0.3, 0.4) is 0 Å². The van der Waals surface area contributed by atoms with E-state index in [1.807, 2.05) is 18.2 Å². The van der Waals surface area contributed by atoms with Crippen molar-refractivity contribution in [2.75, 3.05) is 14.2 Å². The molecular weight excluding hydrogens is 491 g/mol. The number of rotatable bonds is 8. The zero-order valence-corrected chi connectivity index (χ0v) is 23.7. The molecule has 0 radical (unpaired) electrons. The van der Waals surface area contributed by atoms with Crippen LogP contribution in [0.5, 0.6) is 11.5 Å². The van der Waals surface area contributed by atoms with E-state index in [2.05, 4.69) is 39.0 Å². The molecule has 0 aliphatic heterocycles. The van der Waals surface area contributed by atoms with Gasteiger partial charge in [-0.3, -0.25) is 0 Å². The van der Waals surface area contributed by atoms with Gasteiger partial charge in [-0.05, 0) is 102 Å². The Morgan fingerprint density at radius 3 is 2.46 bits per heavy atom. The maximum Gasteiger partial charge on any atom is 0.131 e. The zero-order chi connectivity index (χ0) is 27.8. The number of ether oxygens (including phenoxy) is 3. The van der Waals surface area contributed by atoms with Gasteiger partial charge in [-0.25, -0.2) is 4.39 Å². The highest BCUT2D eigenvalue weighted by atomic mass is 19.1. The Bertz CT molecular complexity index is 1360. The highest BCUT2D eigenvalue weighted by Crippen LogP contribution is 2.55. The van der Waals surface area contributed by atoms with Crippen molar-refractivity contribution in [3.8, 4) is 22.6 Å². The molecule has 3 atom stereocenters. The minimum atomic E-state index is -0.308. The van der Waals surface area contributed by atoms with E-state index in [1.165, 1.54) is 17.2 Å². The quantitative estimate of drug-likeness (QED) is 0.277. The molecule has 5 heteroatoms. The van der Waals surface area contributed by atoms with Gasteiger partial charge in [0.1, 0.15) is 30.2 Å². The van der Waals surface area contributed by atoms with Crippen molar-refractivity contribution < 1.29 is 23.4 Å². The third kappa shape index (κ3) is 5.09. The monoisotopic (exact) mass is 530 g/mol. The molecule has 0 heterocycles. The van der Waals surface area contributed by atoms with Crippen LogP contribution in [0.25, 0.3) is 11.1 Å². The Hall–Kier alpha value is -3.18. The summed E-state index contributed by atoms with van der Waals surface area (Å²) in [5.41, 5.74) is 5.56. The molecule has 2 aliphatic rings. The van der Waals surface area contributed by atoms with Gasteiger partial charge in [-0.2, -0.15) is 0 Å². The fourth-order valence-electron chi connectivity index (χ4n) is 6.67. The zero-order valence-electron chi connectivity index (χ0n) is 23.7. The summed E-state index contributed by atoms with van der Waals surface area (Å²) in [6, 6.07) is 17.2. The summed E-state index contributed by atoms with van der Waals surface area (Å²) in [6.07, 6.45) is 6.20. The van der Waals surface area contributed by atoms with Crippen molar-refractivity contribution in [1.29, 1.82) is 0 Å². The van der Waals surface area contributed by atoms with Crippen LogP contribution in [0, 0.1) is 17.2 Å². The van der Waals surface area contributed by atoms with Gasteiger partial charge in [-0.1, -0.05) is 39.0 Å². The lowest BCUT2D eigenvalue weighted by Gasteiger charge is -2.51. The van der Waals surface area contributed by atoms with Gasteiger partial charge < -0.3 is 19.0 Å². The lowest BCUT2D eigenvalue weighted by molar-refractivity contribution is -0.117. The molecule has 0 aromatic heterocycles. The first-order chi connectivity index (χ1) is 18.7. The Kier molecular flexibility index (Phi) is 7.56. The Morgan fingerprint density at radius 2 is 1.79 bits per heavy atom. The van der Waals surface area contributed by atoms with E-state index in [0.29, 0.717) is 17.9 Å². The molecule has 206 valence electrons. The second-order valence-corrected chi connectivity index (χ2v) is 12.1. The van der Waals surface area contributed by atoms with E-state index in [4.69, 9.17) is 14.2 Å². The molecule has 0 bridgehead atoms. The highest BCUT2D eigenvalue weighted by molar-refractivity contribution is 5.70. The van der Waals surface area contributed by atoms with Crippen molar-refractivity contribution >= 4 is 6.29 Å². The number of hydrogen-bond donors (Lipinski definition) is 0. The SMILES string of the molecule is COc1ccc(F)c(-c2ccc(COc3ccc4c(c3)[C@@]3(CCC4)CC[C@H]3C=O)cc2[C@H](OC)C(C)(C)C)c1. The minimum Gasteiger partial charge on any atom is -0.497 e. The van der Waals surface area contributed by atoms with Crippen LogP contribution in [0.1, 0.15) is 74.8 Å². The van der Waals surface area contributed by atoms with Gasteiger partial charge in [0.2, 0.25) is 0 Å². The summed E-state index contributed by atoms with van der Waals surface area (Å²) in [7, 11) is 3.28. The third-order valence-corrected chi connectivity index (χ3v) is 8.75. The number of carbonyl (C=O) groups excluding carboxylic acids is 1. The Labute approximate surface area is 231 Å². The molecular formula is C34H39FO4. The average Bonchev–Trinajstić information content (AvgIpc) is 2.91. The topological polar surface area (TPSA) is 44.8 Å². The number of aryl methyl sites for hydroxylation is 1. The third-order valence-electron chi connectivity index (χ3n) is 8.75. The second-order valence-electron chi connectivity index (χ2n) is 12.1. The van der Waals surface area contributed by atoms with Crippen LogP contribution in [0.15, 0.2) is 54.6 Å².